The van der Waals surface area contributed by atoms with Gasteiger partial charge in [-0.1, -0.05) is 30.3 Å². The van der Waals surface area contributed by atoms with Crippen molar-refractivity contribution in [3.8, 4) is 11.3 Å². The van der Waals surface area contributed by atoms with Crippen LogP contribution in [0.1, 0.15) is 11.1 Å². The largest absolute Gasteiger partial charge is 0.290 e. The number of aromatic nitrogens is 3. The minimum atomic E-state index is -0.382. The van der Waals surface area contributed by atoms with E-state index < -0.39 is 0 Å². The van der Waals surface area contributed by atoms with Crippen molar-refractivity contribution in [2.24, 2.45) is 0 Å². The van der Waals surface area contributed by atoms with E-state index >= 15 is 0 Å². The number of amides is 2. The fourth-order valence-corrected chi connectivity index (χ4v) is 3.36. The topological polar surface area (TPSA) is 76.9 Å². The quantitative estimate of drug-likeness (QED) is 0.721. The average Bonchev–Trinajstić information content (AvgIpc) is 3.19. The molecule has 3 aromatic rings. The molecular formula is C19H14N4O2S. The van der Waals surface area contributed by atoms with Gasteiger partial charge >= 0.3 is 0 Å². The maximum absolute atomic E-state index is 11.9. The lowest BCUT2D eigenvalue weighted by Crippen LogP contribution is -2.17. The molecule has 0 saturated carbocycles. The van der Waals surface area contributed by atoms with Crippen LogP contribution in [0.15, 0.2) is 66.0 Å². The predicted molar refractivity (Wildman–Crippen MR) is 100 cm³/mol. The first-order valence-corrected chi connectivity index (χ1v) is 8.77. The molecule has 1 aliphatic rings. The zero-order valence-electron chi connectivity index (χ0n) is 13.6. The van der Waals surface area contributed by atoms with Gasteiger partial charge < -0.3 is 0 Å². The number of nitrogens with one attached hydrogen (secondary N) is 1. The van der Waals surface area contributed by atoms with Crippen molar-refractivity contribution < 1.29 is 9.59 Å². The summed E-state index contributed by atoms with van der Waals surface area (Å²) in [5.41, 5.74) is 3.45. The molecule has 6 nitrogen and oxygen atoms in total. The first-order valence-electron chi connectivity index (χ1n) is 7.96. The zero-order valence-corrected chi connectivity index (χ0v) is 14.4. The number of imide groups is 1. The van der Waals surface area contributed by atoms with Crippen molar-refractivity contribution in [1.29, 1.82) is 0 Å². The minimum absolute atomic E-state index is 0.360. The van der Waals surface area contributed by atoms with Gasteiger partial charge in [0.2, 0.25) is 0 Å². The Bertz CT molecular complexity index is 997. The Hall–Kier alpha value is -3.19. The predicted octanol–water partition coefficient (Wildman–Crippen LogP) is 3.32. The van der Waals surface area contributed by atoms with Gasteiger partial charge in [0.15, 0.2) is 0 Å². The molecule has 1 aromatic carbocycles. The van der Waals surface area contributed by atoms with E-state index in [9.17, 15) is 9.59 Å². The molecule has 0 aliphatic carbocycles. The highest BCUT2D eigenvalue weighted by Gasteiger charge is 2.26. The van der Waals surface area contributed by atoms with E-state index in [2.05, 4.69) is 15.4 Å². The maximum Gasteiger partial charge on any atom is 0.290 e. The van der Waals surface area contributed by atoms with Crippen LogP contribution in [0, 0.1) is 0 Å². The molecule has 128 valence electrons. The number of pyridine rings is 1. The molecule has 26 heavy (non-hydrogen) atoms. The third-order valence-corrected chi connectivity index (χ3v) is 4.65. The van der Waals surface area contributed by atoms with Gasteiger partial charge in [0.25, 0.3) is 11.1 Å². The van der Waals surface area contributed by atoms with Gasteiger partial charge in [-0.15, -0.1) is 0 Å². The lowest BCUT2D eigenvalue weighted by atomic mass is 10.1. The Balaban J connectivity index is 1.75. The molecule has 1 aliphatic heterocycles. The summed E-state index contributed by atoms with van der Waals surface area (Å²) in [5.74, 6) is -0.382. The molecule has 2 amide bonds. The molecule has 0 radical (unpaired) electrons. The van der Waals surface area contributed by atoms with Crippen LogP contribution < -0.4 is 5.32 Å². The minimum Gasteiger partial charge on any atom is -0.282 e. The number of hydrogen-bond acceptors (Lipinski definition) is 5. The van der Waals surface area contributed by atoms with Crippen molar-refractivity contribution in [3.05, 3.63) is 77.1 Å². The first kappa shape index (κ1) is 16.3. The monoisotopic (exact) mass is 362 g/mol. The van der Waals surface area contributed by atoms with E-state index in [1.165, 1.54) is 0 Å². The number of rotatable bonds is 4. The molecule has 1 N–H and O–H groups in total. The smallest absolute Gasteiger partial charge is 0.282 e. The number of benzene rings is 1. The van der Waals surface area contributed by atoms with Crippen molar-refractivity contribution in [2.75, 3.05) is 0 Å². The second-order valence-corrected chi connectivity index (χ2v) is 6.72. The Morgan fingerprint density at radius 3 is 2.65 bits per heavy atom. The molecule has 0 spiro atoms. The molecule has 7 heteroatoms. The van der Waals surface area contributed by atoms with E-state index in [0.717, 1.165) is 28.5 Å². The standard InChI is InChI=1S/C19H14N4O2S/c24-18-16(26-19(25)21-18)9-15-12-23(11-13-5-2-1-3-6-13)22-17(15)14-7-4-8-20-10-14/h1-10,12H,11H2,(H,21,24,25). The highest BCUT2D eigenvalue weighted by Crippen LogP contribution is 2.29. The van der Waals surface area contributed by atoms with Crippen LogP contribution in [0.5, 0.6) is 0 Å². The molecule has 2 aromatic heterocycles. The van der Waals surface area contributed by atoms with Crippen LogP contribution in [0.4, 0.5) is 4.79 Å². The molecule has 0 bridgehead atoms. The van der Waals surface area contributed by atoms with Gasteiger partial charge in [0, 0.05) is 29.7 Å². The second-order valence-electron chi connectivity index (χ2n) is 5.71. The highest BCUT2D eigenvalue weighted by atomic mass is 32.2. The SMILES string of the molecule is O=C1NC(=O)C(=Cc2cn(Cc3ccccc3)nc2-c2cccnc2)S1. The summed E-state index contributed by atoms with van der Waals surface area (Å²) in [6.45, 7) is 0.607. The maximum atomic E-state index is 11.9. The Labute approximate surface area is 153 Å². The van der Waals surface area contributed by atoms with Gasteiger partial charge in [-0.3, -0.25) is 24.6 Å². The van der Waals surface area contributed by atoms with E-state index in [1.54, 1.807) is 18.5 Å². The van der Waals surface area contributed by atoms with Gasteiger partial charge in [-0.05, 0) is 35.5 Å². The Kier molecular flexibility index (Phi) is 4.37. The van der Waals surface area contributed by atoms with Crippen LogP contribution in [-0.4, -0.2) is 25.9 Å². The number of hydrogen-bond donors (Lipinski definition) is 1. The fourth-order valence-electron chi connectivity index (χ4n) is 2.68. The Morgan fingerprint density at radius 2 is 1.96 bits per heavy atom. The summed E-state index contributed by atoms with van der Waals surface area (Å²) < 4.78 is 1.82. The van der Waals surface area contributed by atoms with Crippen molar-refractivity contribution in [2.45, 2.75) is 6.54 Å². The van der Waals surface area contributed by atoms with Gasteiger partial charge in [-0.2, -0.15) is 5.10 Å². The summed E-state index contributed by atoms with van der Waals surface area (Å²) in [6, 6.07) is 13.7. The molecule has 1 fully saturated rings. The van der Waals surface area contributed by atoms with Crippen LogP contribution in [0.2, 0.25) is 0 Å². The van der Waals surface area contributed by atoms with E-state index in [0.29, 0.717) is 17.1 Å². The molecule has 0 atom stereocenters. The Morgan fingerprint density at radius 1 is 1.12 bits per heavy atom. The molecular weight excluding hydrogens is 348 g/mol. The zero-order chi connectivity index (χ0) is 17.9. The second kappa shape index (κ2) is 6.97. The van der Waals surface area contributed by atoms with Gasteiger partial charge in [0.05, 0.1) is 11.4 Å². The van der Waals surface area contributed by atoms with Crippen molar-refractivity contribution in [3.63, 3.8) is 0 Å². The number of nitrogens with zero attached hydrogens (tertiary/aromatic N) is 3. The van der Waals surface area contributed by atoms with E-state index in [-0.39, 0.29) is 11.1 Å². The normalized spacial score (nSPS) is 15.5. The first-order chi connectivity index (χ1) is 12.7. The van der Waals surface area contributed by atoms with Crippen LogP contribution in [0.3, 0.4) is 0 Å². The van der Waals surface area contributed by atoms with Crippen molar-refractivity contribution in [1.82, 2.24) is 20.1 Å². The highest BCUT2D eigenvalue weighted by molar-refractivity contribution is 8.18. The third kappa shape index (κ3) is 3.43. The number of carbonyl (C=O) groups is 2. The fraction of sp³-hybridized carbons (Fsp3) is 0.0526. The third-order valence-electron chi connectivity index (χ3n) is 3.84. The summed E-state index contributed by atoms with van der Waals surface area (Å²) in [4.78, 5) is 27.8. The van der Waals surface area contributed by atoms with E-state index in [1.807, 2.05) is 53.3 Å². The molecule has 3 heterocycles. The summed E-state index contributed by atoms with van der Waals surface area (Å²) in [6.07, 6.45) is 6.99. The van der Waals surface area contributed by atoms with Gasteiger partial charge in [-0.25, -0.2) is 0 Å². The van der Waals surface area contributed by atoms with Gasteiger partial charge in [0.1, 0.15) is 5.69 Å². The molecule has 4 rings (SSSR count). The molecule has 0 unspecified atom stereocenters. The summed E-state index contributed by atoms with van der Waals surface area (Å²) in [7, 11) is 0. The van der Waals surface area contributed by atoms with E-state index in [4.69, 9.17) is 0 Å². The summed E-state index contributed by atoms with van der Waals surface area (Å²) in [5, 5.41) is 6.58. The lowest BCUT2D eigenvalue weighted by molar-refractivity contribution is -0.115. The van der Waals surface area contributed by atoms with Crippen molar-refractivity contribution >= 4 is 29.0 Å². The lowest BCUT2D eigenvalue weighted by Gasteiger charge is -2.01. The van der Waals surface area contributed by atoms with Crippen LogP contribution >= 0.6 is 11.8 Å². The average molecular weight is 362 g/mol. The molecule has 1 saturated heterocycles. The van der Waals surface area contributed by atoms with Crippen LogP contribution in [-0.2, 0) is 11.3 Å². The van der Waals surface area contributed by atoms with Crippen LogP contribution in [0.25, 0.3) is 17.3 Å². The number of carbonyl (C=O) groups excluding carboxylic acids is 2. The number of thioether (sulfide) groups is 1. The summed E-state index contributed by atoms with van der Waals surface area (Å²) >= 11 is 0.894.